The molecule has 1 heterocycles. The summed E-state index contributed by atoms with van der Waals surface area (Å²) in [7, 11) is 1.16. The Morgan fingerprint density at radius 2 is 1.90 bits per heavy atom. The predicted molar refractivity (Wildman–Crippen MR) is 72.7 cm³/mol. The van der Waals surface area contributed by atoms with Crippen molar-refractivity contribution in [3.05, 3.63) is 34.9 Å². The number of nitrogens with zero attached hydrogens (tertiary/aromatic N) is 1. The molecule has 0 fully saturated rings. The molecule has 6 heteroatoms. The number of hydrogen-bond acceptors (Lipinski definition) is 5. The number of ether oxygens (including phenoxy) is 1. The summed E-state index contributed by atoms with van der Waals surface area (Å²) in [5.41, 5.74) is 1.31. The van der Waals surface area contributed by atoms with Crippen molar-refractivity contribution in [1.29, 1.82) is 0 Å². The van der Waals surface area contributed by atoms with Gasteiger partial charge in [0.2, 0.25) is 0 Å². The molecule has 2 rings (SSSR count). The SMILES string of the molecule is COC(=O)[C@H](CN1C(=O)c2cccc(C)c2C1=O)C(C)=O. The molecule has 1 aromatic rings. The van der Waals surface area contributed by atoms with Gasteiger partial charge in [-0.1, -0.05) is 12.1 Å². The van der Waals surface area contributed by atoms with Crippen molar-refractivity contribution in [2.45, 2.75) is 13.8 Å². The van der Waals surface area contributed by atoms with E-state index in [1.165, 1.54) is 6.92 Å². The minimum absolute atomic E-state index is 0.298. The zero-order chi connectivity index (χ0) is 15.7. The number of esters is 1. The zero-order valence-corrected chi connectivity index (χ0v) is 12.0. The van der Waals surface area contributed by atoms with Crippen LogP contribution in [0.3, 0.4) is 0 Å². The van der Waals surface area contributed by atoms with Gasteiger partial charge in [-0.3, -0.25) is 24.1 Å². The number of carbonyl (C=O) groups is 4. The average molecular weight is 289 g/mol. The van der Waals surface area contributed by atoms with Crippen molar-refractivity contribution >= 4 is 23.6 Å². The molecule has 2 amide bonds. The first kappa shape index (κ1) is 14.9. The summed E-state index contributed by atoms with van der Waals surface area (Å²) in [4.78, 5) is 48.7. The van der Waals surface area contributed by atoms with E-state index in [9.17, 15) is 19.2 Å². The first-order valence-corrected chi connectivity index (χ1v) is 6.42. The summed E-state index contributed by atoms with van der Waals surface area (Å²) in [5.74, 6) is -3.33. The molecule has 0 unspecified atom stereocenters. The third-order valence-corrected chi connectivity index (χ3v) is 3.55. The van der Waals surface area contributed by atoms with Gasteiger partial charge in [0, 0.05) is 6.54 Å². The molecule has 0 aliphatic carbocycles. The minimum Gasteiger partial charge on any atom is -0.468 e. The molecule has 21 heavy (non-hydrogen) atoms. The van der Waals surface area contributed by atoms with Gasteiger partial charge < -0.3 is 4.74 Å². The topological polar surface area (TPSA) is 80.8 Å². The summed E-state index contributed by atoms with van der Waals surface area (Å²) >= 11 is 0. The number of benzene rings is 1. The van der Waals surface area contributed by atoms with Crippen molar-refractivity contribution in [1.82, 2.24) is 4.90 Å². The van der Waals surface area contributed by atoms with Crippen LogP contribution >= 0.6 is 0 Å². The number of hydrogen-bond donors (Lipinski definition) is 0. The molecule has 0 radical (unpaired) electrons. The molecule has 0 N–H and O–H groups in total. The standard InChI is InChI=1S/C15H15NO5/c1-8-5-4-6-10-12(8)14(19)16(13(10)18)7-11(9(2)17)15(20)21-3/h4-6,11H,7H2,1-3H3/t11-/m1/s1. The molecule has 0 saturated heterocycles. The zero-order valence-electron chi connectivity index (χ0n) is 12.0. The Balaban J connectivity index is 2.34. The molecular weight excluding hydrogens is 274 g/mol. The first-order chi connectivity index (χ1) is 9.88. The second kappa shape index (κ2) is 5.47. The minimum atomic E-state index is -1.16. The monoisotopic (exact) mass is 289 g/mol. The largest absolute Gasteiger partial charge is 0.468 e. The summed E-state index contributed by atoms with van der Waals surface area (Å²) in [6.07, 6.45) is 0. The Labute approximate surface area is 121 Å². The molecule has 1 aromatic carbocycles. The number of rotatable bonds is 4. The van der Waals surface area contributed by atoms with E-state index in [-0.39, 0.29) is 6.54 Å². The Bertz CT molecular complexity index is 649. The normalized spacial score (nSPS) is 14.9. The van der Waals surface area contributed by atoms with Crippen LogP contribution in [0.2, 0.25) is 0 Å². The predicted octanol–water partition coefficient (Wildman–Crippen LogP) is 0.969. The lowest BCUT2D eigenvalue weighted by molar-refractivity contribution is -0.149. The lowest BCUT2D eigenvalue weighted by Crippen LogP contribution is -2.40. The number of fused-ring (bicyclic) bond motifs is 1. The van der Waals surface area contributed by atoms with E-state index in [2.05, 4.69) is 4.74 Å². The van der Waals surface area contributed by atoms with Gasteiger partial charge in [-0.25, -0.2) is 0 Å². The lowest BCUT2D eigenvalue weighted by Gasteiger charge is -2.18. The second-order valence-corrected chi connectivity index (χ2v) is 4.90. The van der Waals surface area contributed by atoms with Crippen molar-refractivity contribution in [2.24, 2.45) is 5.92 Å². The fourth-order valence-electron chi connectivity index (χ4n) is 2.36. The molecule has 1 atom stereocenters. The van der Waals surface area contributed by atoms with Crippen molar-refractivity contribution in [2.75, 3.05) is 13.7 Å². The first-order valence-electron chi connectivity index (χ1n) is 6.42. The fraction of sp³-hybridized carbons (Fsp3) is 0.333. The highest BCUT2D eigenvalue weighted by Crippen LogP contribution is 2.26. The van der Waals surface area contributed by atoms with Crippen molar-refractivity contribution in [3.8, 4) is 0 Å². The maximum absolute atomic E-state index is 12.3. The molecule has 0 aromatic heterocycles. The second-order valence-electron chi connectivity index (χ2n) is 4.90. The number of amides is 2. The average Bonchev–Trinajstić information content (AvgIpc) is 2.68. The van der Waals surface area contributed by atoms with Gasteiger partial charge in [-0.15, -0.1) is 0 Å². The lowest BCUT2D eigenvalue weighted by atomic mass is 10.0. The van der Waals surface area contributed by atoms with Crippen LogP contribution in [0.15, 0.2) is 18.2 Å². The van der Waals surface area contributed by atoms with E-state index >= 15 is 0 Å². The molecular formula is C15H15NO5. The van der Waals surface area contributed by atoms with Gasteiger partial charge in [0.25, 0.3) is 11.8 Å². The molecule has 1 aliphatic rings. The Hall–Kier alpha value is -2.50. The highest BCUT2D eigenvalue weighted by atomic mass is 16.5. The maximum Gasteiger partial charge on any atom is 0.318 e. The van der Waals surface area contributed by atoms with Crippen LogP contribution in [0.25, 0.3) is 0 Å². The van der Waals surface area contributed by atoms with Crippen LogP contribution in [0.1, 0.15) is 33.2 Å². The number of methoxy groups -OCH3 is 1. The number of aryl methyl sites for hydroxylation is 1. The van der Waals surface area contributed by atoms with Gasteiger partial charge in [0.05, 0.1) is 18.2 Å². The highest BCUT2D eigenvalue weighted by Gasteiger charge is 2.40. The third-order valence-electron chi connectivity index (χ3n) is 3.55. The Kier molecular flexibility index (Phi) is 3.88. The van der Waals surface area contributed by atoms with E-state index in [0.717, 1.165) is 12.0 Å². The van der Waals surface area contributed by atoms with E-state index in [0.29, 0.717) is 16.7 Å². The van der Waals surface area contributed by atoms with E-state index < -0.39 is 29.5 Å². The number of imide groups is 1. The van der Waals surface area contributed by atoms with Gasteiger partial charge in [0.15, 0.2) is 0 Å². The molecule has 1 aliphatic heterocycles. The van der Waals surface area contributed by atoms with Crippen LogP contribution < -0.4 is 0 Å². The fourth-order valence-corrected chi connectivity index (χ4v) is 2.36. The summed E-state index contributed by atoms with van der Waals surface area (Å²) < 4.78 is 4.55. The quantitative estimate of drug-likeness (QED) is 0.468. The summed E-state index contributed by atoms with van der Waals surface area (Å²) in [6, 6.07) is 4.98. The third kappa shape index (κ3) is 2.44. The summed E-state index contributed by atoms with van der Waals surface area (Å²) in [5, 5.41) is 0. The molecule has 0 saturated carbocycles. The van der Waals surface area contributed by atoms with Crippen LogP contribution in [-0.2, 0) is 14.3 Å². The van der Waals surface area contributed by atoms with Gasteiger partial charge >= 0.3 is 5.97 Å². The Morgan fingerprint density at radius 1 is 1.24 bits per heavy atom. The molecule has 6 nitrogen and oxygen atoms in total. The van der Waals surface area contributed by atoms with Crippen LogP contribution in [0.4, 0.5) is 0 Å². The van der Waals surface area contributed by atoms with E-state index in [1.807, 2.05) is 0 Å². The van der Waals surface area contributed by atoms with E-state index in [4.69, 9.17) is 0 Å². The Morgan fingerprint density at radius 3 is 2.43 bits per heavy atom. The maximum atomic E-state index is 12.3. The highest BCUT2D eigenvalue weighted by molar-refractivity contribution is 6.22. The smallest absolute Gasteiger partial charge is 0.318 e. The molecule has 0 spiro atoms. The van der Waals surface area contributed by atoms with Gasteiger partial charge in [-0.05, 0) is 25.5 Å². The van der Waals surface area contributed by atoms with Crippen molar-refractivity contribution < 1.29 is 23.9 Å². The number of carbonyl (C=O) groups excluding carboxylic acids is 4. The molecule has 0 bridgehead atoms. The van der Waals surface area contributed by atoms with Crippen LogP contribution in [-0.4, -0.2) is 42.1 Å². The van der Waals surface area contributed by atoms with Gasteiger partial charge in [0.1, 0.15) is 11.7 Å². The van der Waals surface area contributed by atoms with Crippen LogP contribution in [0, 0.1) is 12.8 Å². The van der Waals surface area contributed by atoms with Gasteiger partial charge in [-0.2, -0.15) is 0 Å². The van der Waals surface area contributed by atoms with E-state index in [1.54, 1.807) is 25.1 Å². The number of ketones is 1. The van der Waals surface area contributed by atoms with Crippen molar-refractivity contribution in [3.63, 3.8) is 0 Å². The molecule has 110 valence electrons. The number of Topliss-reactive ketones (excluding diaryl/α,β-unsaturated/α-hetero) is 1. The summed E-state index contributed by atoms with van der Waals surface area (Å²) in [6.45, 7) is 2.66. The van der Waals surface area contributed by atoms with Crippen LogP contribution in [0.5, 0.6) is 0 Å².